The SMILES string of the molecule is O=C1Cc2cc(NC(=O)c3ccc(N4CCCC4)nn3)ccc2N1. The van der Waals surface area contributed by atoms with Crippen LogP contribution in [0.15, 0.2) is 30.3 Å². The van der Waals surface area contributed by atoms with Crippen LogP contribution in [0.25, 0.3) is 0 Å². The Morgan fingerprint density at radius 3 is 2.71 bits per heavy atom. The van der Waals surface area contributed by atoms with Crippen LogP contribution in [0.4, 0.5) is 17.2 Å². The molecule has 3 heterocycles. The lowest BCUT2D eigenvalue weighted by Gasteiger charge is -2.15. The molecule has 24 heavy (non-hydrogen) atoms. The number of aromatic nitrogens is 2. The molecule has 0 spiro atoms. The Morgan fingerprint density at radius 2 is 1.96 bits per heavy atom. The highest BCUT2D eigenvalue weighted by Crippen LogP contribution is 2.26. The average Bonchev–Trinajstić information content (AvgIpc) is 3.23. The number of carbonyl (C=O) groups excluding carboxylic acids is 2. The van der Waals surface area contributed by atoms with Gasteiger partial charge in [0.1, 0.15) is 0 Å². The molecule has 2 aromatic rings. The largest absolute Gasteiger partial charge is 0.355 e. The van der Waals surface area contributed by atoms with Crippen molar-refractivity contribution in [3.8, 4) is 0 Å². The van der Waals surface area contributed by atoms with Gasteiger partial charge in [-0.2, -0.15) is 0 Å². The number of carbonyl (C=O) groups is 2. The number of nitrogens with one attached hydrogen (secondary N) is 2. The van der Waals surface area contributed by atoms with Crippen molar-refractivity contribution in [3.63, 3.8) is 0 Å². The van der Waals surface area contributed by atoms with E-state index in [1.165, 1.54) is 12.8 Å². The number of anilines is 3. The molecule has 2 aliphatic rings. The molecule has 0 saturated carbocycles. The van der Waals surface area contributed by atoms with Crippen LogP contribution in [0, 0.1) is 0 Å². The molecular weight excluding hydrogens is 306 g/mol. The number of benzene rings is 1. The standard InChI is InChI=1S/C17H17N5O2/c23-16-10-11-9-12(3-4-13(11)19-16)18-17(24)14-5-6-15(21-20-14)22-7-1-2-8-22/h3-6,9H,1-2,7-8,10H2,(H,18,24)(H,19,23). The lowest BCUT2D eigenvalue weighted by molar-refractivity contribution is -0.115. The van der Waals surface area contributed by atoms with Gasteiger partial charge in [-0.1, -0.05) is 0 Å². The molecule has 2 N–H and O–H groups in total. The van der Waals surface area contributed by atoms with Crippen molar-refractivity contribution in [3.05, 3.63) is 41.6 Å². The summed E-state index contributed by atoms with van der Waals surface area (Å²) in [6.45, 7) is 1.98. The molecular formula is C17H17N5O2. The minimum Gasteiger partial charge on any atom is -0.355 e. The fraction of sp³-hybridized carbons (Fsp3) is 0.294. The molecule has 0 atom stereocenters. The fourth-order valence-electron chi connectivity index (χ4n) is 3.06. The Kier molecular flexibility index (Phi) is 3.60. The summed E-state index contributed by atoms with van der Waals surface area (Å²) < 4.78 is 0. The zero-order chi connectivity index (χ0) is 16.5. The average molecular weight is 323 g/mol. The highest BCUT2D eigenvalue weighted by Gasteiger charge is 2.19. The summed E-state index contributed by atoms with van der Waals surface area (Å²) in [4.78, 5) is 25.8. The predicted octanol–water partition coefficient (Wildman–Crippen LogP) is 1.82. The monoisotopic (exact) mass is 323 g/mol. The fourth-order valence-corrected chi connectivity index (χ4v) is 3.06. The number of nitrogens with zero attached hydrogens (tertiary/aromatic N) is 3. The van der Waals surface area contributed by atoms with E-state index < -0.39 is 0 Å². The first-order valence-electron chi connectivity index (χ1n) is 8.02. The molecule has 1 saturated heterocycles. The number of hydrogen-bond acceptors (Lipinski definition) is 5. The molecule has 2 amide bonds. The summed E-state index contributed by atoms with van der Waals surface area (Å²) in [6, 6.07) is 8.87. The summed E-state index contributed by atoms with van der Waals surface area (Å²) in [5.41, 5.74) is 2.59. The van der Waals surface area contributed by atoms with Crippen LogP contribution in [0.5, 0.6) is 0 Å². The molecule has 1 aromatic heterocycles. The van der Waals surface area contributed by atoms with Gasteiger partial charge in [-0.3, -0.25) is 9.59 Å². The van der Waals surface area contributed by atoms with Gasteiger partial charge in [0.15, 0.2) is 11.5 Å². The quantitative estimate of drug-likeness (QED) is 0.900. The van der Waals surface area contributed by atoms with Gasteiger partial charge in [-0.05, 0) is 48.7 Å². The topological polar surface area (TPSA) is 87.2 Å². The first kappa shape index (κ1) is 14.6. The summed E-state index contributed by atoms with van der Waals surface area (Å²) in [6.07, 6.45) is 2.67. The molecule has 0 radical (unpaired) electrons. The van der Waals surface area contributed by atoms with Gasteiger partial charge in [0.25, 0.3) is 5.91 Å². The third kappa shape index (κ3) is 2.80. The van der Waals surface area contributed by atoms with Crippen LogP contribution in [-0.2, 0) is 11.2 Å². The van der Waals surface area contributed by atoms with E-state index in [0.717, 1.165) is 30.2 Å². The van der Waals surface area contributed by atoms with Crippen molar-refractivity contribution in [1.82, 2.24) is 10.2 Å². The first-order chi connectivity index (χ1) is 11.7. The third-order valence-electron chi connectivity index (χ3n) is 4.30. The third-order valence-corrected chi connectivity index (χ3v) is 4.30. The number of rotatable bonds is 3. The minimum atomic E-state index is -0.312. The van der Waals surface area contributed by atoms with Gasteiger partial charge in [-0.15, -0.1) is 10.2 Å². The minimum absolute atomic E-state index is 0.0307. The zero-order valence-corrected chi connectivity index (χ0v) is 13.1. The second-order valence-electron chi connectivity index (χ2n) is 6.02. The van der Waals surface area contributed by atoms with E-state index in [9.17, 15) is 9.59 Å². The maximum Gasteiger partial charge on any atom is 0.276 e. The van der Waals surface area contributed by atoms with E-state index in [1.807, 2.05) is 6.07 Å². The Morgan fingerprint density at radius 1 is 1.12 bits per heavy atom. The van der Waals surface area contributed by atoms with Crippen molar-refractivity contribution < 1.29 is 9.59 Å². The maximum absolute atomic E-state index is 12.3. The Bertz CT molecular complexity index is 797. The van der Waals surface area contributed by atoms with Gasteiger partial charge in [0.05, 0.1) is 6.42 Å². The van der Waals surface area contributed by atoms with Crippen molar-refractivity contribution in [2.24, 2.45) is 0 Å². The van der Waals surface area contributed by atoms with Gasteiger partial charge in [0, 0.05) is 24.5 Å². The van der Waals surface area contributed by atoms with Gasteiger partial charge in [0.2, 0.25) is 5.91 Å². The maximum atomic E-state index is 12.3. The van der Waals surface area contributed by atoms with E-state index in [2.05, 4.69) is 25.7 Å². The summed E-state index contributed by atoms with van der Waals surface area (Å²) in [7, 11) is 0. The molecule has 0 unspecified atom stereocenters. The molecule has 122 valence electrons. The summed E-state index contributed by atoms with van der Waals surface area (Å²) in [5.74, 6) is 0.468. The van der Waals surface area contributed by atoms with Gasteiger partial charge in [-0.25, -0.2) is 0 Å². The van der Waals surface area contributed by atoms with Crippen LogP contribution >= 0.6 is 0 Å². The second-order valence-corrected chi connectivity index (χ2v) is 6.02. The van der Waals surface area contributed by atoms with E-state index in [0.29, 0.717) is 12.1 Å². The molecule has 0 aliphatic carbocycles. The number of amides is 2. The van der Waals surface area contributed by atoms with Gasteiger partial charge < -0.3 is 15.5 Å². The Balaban J connectivity index is 1.46. The van der Waals surface area contributed by atoms with E-state index in [-0.39, 0.29) is 17.5 Å². The molecule has 7 heteroatoms. The van der Waals surface area contributed by atoms with E-state index >= 15 is 0 Å². The highest BCUT2D eigenvalue weighted by atomic mass is 16.2. The smallest absolute Gasteiger partial charge is 0.276 e. The number of fused-ring (bicyclic) bond motifs is 1. The van der Waals surface area contributed by atoms with Crippen molar-refractivity contribution >= 4 is 29.0 Å². The van der Waals surface area contributed by atoms with Crippen molar-refractivity contribution in [2.45, 2.75) is 19.3 Å². The Labute approximate surface area is 139 Å². The van der Waals surface area contributed by atoms with Crippen molar-refractivity contribution in [2.75, 3.05) is 28.6 Å². The molecule has 1 fully saturated rings. The van der Waals surface area contributed by atoms with Crippen molar-refractivity contribution in [1.29, 1.82) is 0 Å². The zero-order valence-electron chi connectivity index (χ0n) is 13.1. The lowest BCUT2D eigenvalue weighted by Crippen LogP contribution is -2.21. The van der Waals surface area contributed by atoms with Crippen LogP contribution < -0.4 is 15.5 Å². The van der Waals surface area contributed by atoms with E-state index in [4.69, 9.17) is 0 Å². The summed E-state index contributed by atoms with van der Waals surface area (Å²) >= 11 is 0. The summed E-state index contributed by atoms with van der Waals surface area (Å²) in [5, 5.41) is 13.7. The normalized spacial score (nSPS) is 16.0. The predicted molar refractivity (Wildman–Crippen MR) is 90.2 cm³/mol. The molecule has 4 rings (SSSR count). The second kappa shape index (κ2) is 5.92. The lowest BCUT2D eigenvalue weighted by atomic mass is 10.1. The molecule has 7 nitrogen and oxygen atoms in total. The van der Waals surface area contributed by atoms with Crippen LogP contribution in [-0.4, -0.2) is 35.1 Å². The molecule has 2 aliphatic heterocycles. The van der Waals surface area contributed by atoms with Gasteiger partial charge >= 0.3 is 0 Å². The van der Waals surface area contributed by atoms with Crippen LogP contribution in [0.3, 0.4) is 0 Å². The number of hydrogen-bond donors (Lipinski definition) is 2. The highest BCUT2D eigenvalue weighted by molar-refractivity contribution is 6.04. The van der Waals surface area contributed by atoms with Crippen LogP contribution in [0.1, 0.15) is 28.9 Å². The van der Waals surface area contributed by atoms with Crippen LogP contribution in [0.2, 0.25) is 0 Å². The molecule has 1 aromatic carbocycles. The first-order valence-corrected chi connectivity index (χ1v) is 8.02. The van der Waals surface area contributed by atoms with E-state index in [1.54, 1.807) is 24.3 Å². The Hall–Kier alpha value is -2.96. The molecule has 0 bridgehead atoms.